The van der Waals surface area contributed by atoms with Crippen molar-refractivity contribution in [1.29, 1.82) is 0 Å². The molecule has 1 aliphatic heterocycles. The van der Waals surface area contributed by atoms with E-state index >= 15 is 0 Å². The number of rotatable bonds is 6. The molecular weight excluding hydrogens is 400 g/mol. The van der Waals surface area contributed by atoms with Crippen LogP contribution >= 0.6 is 0 Å². The highest BCUT2D eigenvalue weighted by atomic mass is 32.2. The predicted molar refractivity (Wildman–Crippen MR) is 106 cm³/mol. The highest BCUT2D eigenvalue weighted by molar-refractivity contribution is 7.89. The molecule has 2 N–H and O–H groups in total. The van der Waals surface area contributed by atoms with Gasteiger partial charge >= 0.3 is 6.03 Å². The first-order valence-corrected chi connectivity index (χ1v) is 10.9. The Labute approximate surface area is 169 Å². The van der Waals surface area contributed by atoms with Crippen LogP contribution in [-0.4, -0.2) is 38.4 Å². The molecule has 156 valence electrons. The van der Waals surface area contributed by atoms with Crippen molar-refractivity contribution in [2.75, 3.05) is 25.0 Å². The number of urea groups is 1. The SMILES string of the molecule is O=C(NCCC1CCN(S(=O)(=O)c2ccccc2)CC1)Nc1ccc(F)cc1F. The number of piperidine rings is 1. The molecule has 0 bridgehead atoms. The van der Waals surface area contributed by atoms with E-state index < -0.39 is 27.7 Å². The van der Waals surface area contributed by atoms with Crippen LogP contribution in [0.5, 0.6) is 0 Å². The molecule has 2 aromatic carbocycles. The van der Waals surface area contributed by atoms with Gasteiger partial charge in [-0.1, -0.05) is 18.2 Å². The van der Waals surface area contributed by atoms with E-state index in [1.807, 2.05) is 0 Å². The van der Waals surface area contributed by atoms with E-state index in [-0.39, 0.29) is 5.69 Å². The van der Waals surface area contributed by atoms with Crippen molar-refractivity contribution < 1.29 is 22.0 Å². The van der Waals surface area contributed by atoms with Gasteiger partial charge in [0.1, 0.15) is 11.6 Å². The number of benzene rings is 2. The predicted octanol–water partition coefficient (Wildman–Crippen LogP) is 3.58. The van der Waals surface area contributed by atoms with Gasteiger partial charge < -0.3 is 10.6 Å². The van der Waals surface area contributed by atoms with Gasteiger partial charge in [-0.25, -0.2) is 22.0 Å². The molecule has 0 unspecified atom stereocenters. The van der Waals surface area contributed by atoms with Gasteiger partial charge in [0.15, 0.2) is 0 Å². The van der Waals surface area contributed by atoms with Crippen molar-refractivity contribution in [3.63, 3.8) is 0 Å². The van der Waals surface area contributed by atoms with Crippen molar-refractivity contribution in [1.82, 2.24) is 9.62 Å². The highest BCUT2D eigenvalue weighted by Crippen LogP contribution is 2.25. The third kappa shape index (κ3) is 5.51. The molecule has 3 rings (SSSR count). The lowest BCUT2D eigenvalue weighted by atomic mass is 9.95. The number of amides is 2. The summed E-state index contributed by atoms with van der Waals surface area (Å²) in [5.41, 5.74) is -0.0941. The molecule has 0 aromatic heterocycles. The molecular formula is C20H23F2N3O3S. The number of hydrogen-bond acceptors (Lipinski definition) is 3. The van der Waals surface area contributed by atoms with Crippen molar-refractivity contribution in [2.45, 2.75) is 24.2 Å². The second kappa shape index (κ2) is 9.32. The summed E-state index contributed by atoms with van der Waals surface area (Å²) in [5, 5.41) is 4.99. The smallest absolute Gasteiger partial charge is 0.319 e. The molecule has 29 heavy (non-hydrogen) atoms. The van der Waals surface area contributed by atoms with Crippen LogP contribution in [0.2, 0.25) is 0 Å². The summed E-state index contributed by atoms with van der Waals surface area (Å²) < 4.78 is 53.2. The Balaban J connectivity index is 1.41. The van der Waals surface area contributed by atoms with Crippen LogP contribution in [0.4, 0.5) is 19.3 Å². The van der Waals surface area contributed by atoms with E-state index in [0.29, 0.717) is 55.8 Å². The van der Waals surface area contributed by atoms with Gasteiger partial charge in [0.05, 0.1) is 10.6 Å². The lowest BCUT2D eigenvalue weighted by Gasteiger charge is -2.31. The van der Waals surface area contributed by atoms with E-state index in [1.54, 1.807) is 30.3 Å². The minimum atomic E-state index is -3.47. The van der Waals surface area contributed by atoms with E-state index in [9.17, 15) is 22.0 Å². The molecule has 1 saturated heterocycles. The molecule has 0 spiro atoms. The topological polar surface area (TPSA) is 78.5 Å². The summed E-state index contributed by atoms with van der Waals surface area (Å²) >= 11 is 0. The molecule has 0 radical (unpaired) electrons. The number of carbonyl (C=O) groups is 1. The normalized spacial score (nSPS) is 15.8. The molecule has 9 heteroatoms. The maximum atomic E-state index is 13.5. The number of nitrogens with zero attached hydrogens (tertiary/aromatic N) is 1. The number of carbonyl (C=O) groups excluding carboxylic acids is 1. The van der Waals surface area contributed by atoms with Crippen molar-refractivity contribution in [2.24, 2.45) is 5.92 Å². The first-order chi connectivity index (χ1) is 13.9. The molecule has 6 nitrogen and oxygen atoms in total. The maximum absolute atomic E-state index is 13.5. The Hall–Kier alpha value is -2.52. The molecule has 2 amide bonds. The zero-order valence-electron chi connectivity index (χ0n) is 15.8. The lowest BCUT2D eigenvalue weighted by Crippen LogP contribution is -2.39. The van der Waals surface area contributed by atoms with E-state index in [0.717, 1.165) is 12.1 Å². The fraction of sp³-hybridized carbons (Fsp3) is 0.350. The van der Waals surface area contributed by atoms with Crippen LogP contribution in [0, 0.1) is 17.6 Å². The maximum Gasteiger partial charge on any atom is 0.319 e. The molecule has 1 fully saturated rings. The minimum absolute atomic E-state index is 0.0941. The molecule has 0 saturated carbocycles. The first kappa shape index (κ1) is 21.2. The average Bonchev–Trinajstić information content (AvgIpc) is 2.71. The lowest BCUT2D eigenvalue weighted by molar-refractivity contribution is 0.245. The largest absolute Gasteiger partial charge is 0.338 e. The van der Waals surface area contributed by atoms with Gasteiger partial charge in [-0.2, -0.15) is 4.31 Å². The number of anilines is 1. The van der Waals surface area contributed by atoms with Gasteiger partial charge in [0.2, 0.25) is 10.0 Å². The van der Waals surface area contributed by atoms with Crippen molar-refractivity contribution >= 4 is 21.7 Å². The van der Waals surface area contributed by atoms with Crippen LogP contribution in [0.25, 0.3) is 0 Å². The quantitative estimate of drug-likeness (QED) is 0.746. The first-order valence-electron chi connectivity index (χ1n) is 9.41. The fourth-order valence-corrected chi connectivity index (χ4v) is 4.82. The highest BCUT2D eigenvalue weighted by Gasteiger charge is 2.29. The summed E-state index contributed by atoms with van der Waals surface area (Å²) in [7, 11) is -3.47. The second-order valence-corrected chi connectivity index (χ2v) is 8.89. The summed E-state index contributed by atoms with van der Waals surface area (Å²) in [6.45, 7) is 1.26. The molecule has 0 aliphatic carbocycles. The number of hydrogen-bond donors (Lipinski definition) is 2. The Morgan fingerprint density at radius 3 is 2.41 bits per heavy atom. The van der Waals surface area contributed by atoms with Crippen LogP contribution < -0.4 is 10.6 Å². The summed E-state index contributed by atoms with van der Waals surface area (Å²) in [5.74, 6) is -1.26. The van der Waals surface area contributed by atoms with Gasteiger partial charge in [-0.05, 0) is 49.4 Å². The molecule has 2 aromatic rings. The monoisotopic (exact) mass is 423 g/mol. The van der Waals surface area contributed by atoms with Crippen LogP contribution in [0.1, 0.15) is 19.3 Å². The number of sulfonamides is 1. The molecule has 1 heterocycles. The fourth-order valence-electron chi connectivity index (χ4n) is 3.33. The summed E-state index contributed by atoms with van der Waals surface area (Å²) in [4.78, 5) is 12.2. The zero-order valence-corrected chi connectivity index (χ0v) is 16.6. The summed E-state index contributed by atoms with van der Waals surface area (Å²) in [6.07, 6.45) is 2.11. The third-order valence-corrected chi connectivity index (χ3v) is 6.88. The number of nitrogens with one attached hydrogen (secondary N) is 2. The van der Waals surface area contributed by atoms with E-state index in [4.69, 9.17) is 0 Å². The Morgan fingerprint density at radius 1 is 1.07 bits per heavy atom. The van der Waals surface area contributed by atoms with Gasteiger partial charge in [-0.3, -0.25) is 0 Å². The summed E-state index contributed by atoms with van der Waals surface area (Å²) in [6, 6.07) is 10.7. The van der Waals surface area contributed by atoms with Crippen LogP contribution in [0.15, 0.2) is 53.4 Å². The molecule has 0 atom stereocenters. The van der Waals surface area contributed by atoms with Crippen molar-refractivity contribution in [3.05, 3.63) is 60.2 Å². The van der Waals surface area contributed by atoms with Crippen molar-refractivity contribution in [3.8, 4) is 0 Å². The van der Waals surface area contributed by atoms with Crippen LogP contribution in [0.3, 0.4) is 0 Å². The Morgan fingerprint density at radius 2 is 1.76 bits per heavy atom. The Bertz CT molecular complexity index is 947. The van der Waals surface area contributed by atoms with Gasteiger partial charge in [-0.15, -0.1) is 0 Å². The van der Waals surface area contributed by atoms with E-state index in [1.165, 1.54) is 4.31 Å². The van der Waals surface area contributed by atoms with Crippen LogP contribution in [-0.2, 0) is 10.0 Å². The number of halogens is 2. The molecule has 1 aliphatic rings. The third-order valence-electron chi connectivity index (χ3n) is 4.97. The van der Waals surface area contributed by atoms with Gasteiger partial charge in [0, 0.05) is 25.7 Å². The zero-order chi connectivity index (χ0) is 20.9. The average molecular weight is 423 g/mol. The standard InChI is InChI=1S/C20H23F2N3O3S/c21-16-6-7-19(18(22)14-16)24-20(26)23-11-8-15-9-12-25(13-10-15)29(27,28)17-4-2-1-3-5-17/h1-7,14-15H,8-13H2,(H2,23,24,26). The van der Waals surface area contributed by atoms with Gasteiger partial charge in [0.25, 0.3) is 0 Å². The van der Waals surface area contributed by atoms with E-state index in [2.05, 4.69) is 10.6 Å². The minimum Gasteiger partial charge on any atom is -0.338 e. The second-order valence-electron chi connectivity index (χ2n) is 6.95. The Kier molecular flexibility index (Phi) is 6.81.